The highest BCUT2D eigenvalue weighted by Gasteiger charge is 2.20. The van der Waals surface area contributed by atoms with Gasteiger partial charge in [-0.15, -0.1) is 0 Å². The van der Waals surface area contributed by atoms with Gasteiger partial charge in [-0.2, -0.15) is 0 Å². The fraction of sp³-hybridized carbons (Fsp3) is 0.538. The molecule has 0 aliphatic heterocycles. The third kappa shape index (κ3) is 2.89. The molecule has 3 nitrogen and oxygen atoms in total. The summed E-state index contributed by atoms with van der Waals surface area (Å²) in [6.45, 7) is 4.19. The first-order chi connectivity index (χ1) is 7.54. The first-order valence-electron chi connectivity index (χ1n) is 5.35. The zero-order valence-corrected chi connectivity index (χ0v) is 10.4. The minimum absolute atomic E-state index is 0.146. The Morgan fingerprint density at radius 2 is 1.88 bits per heavy atom. The van der Waals surface area contributed by atoms with Gasteiger partial charge in [-0.1, -0.05) is 26.0 Å². The first-order valence-corrected chi connectivity index (χ1v) is 5.35. The molecule has 1 N–H and O–H groups in total. The third-order valence-corrected chi connectivity index (χ3v) is 2.58. The van der Waals surface area contributed by atoms with Crippen molar-refractivity contribution in [2.75, 3.05) is 20.8 Å². The van der Waals surface area contributed by atoms with E-state index in [-0.39, 0.29) is 12.0 Å². The van der Waals surface area contributed by atoms with Gasteiger partial charge in [-0.05, 0) is 23.5 Å². The fourth-order valence-electron chi connectivity index (χ4n) is 1.66. The molecule has 0 amide bonds. The van der Waals surface area contributed by atoms with E-state index in [1.807, 2.05) is 32.0 Å². The Morgan fingerprint density at radius 1 is 1.19 bits per heavy atom. The highest BCUT2D eigenvalue weighted by molar-refractivity contribution is 5.46. The number of methoxy groups -OCH3 is 2. The van der Waals surface area contributed by atoms with Crippen LogP contribution < -0.4 is 9.47 Å². The standard InChI is InChI=1S/C13H20O3/c1-13(2,9-14)8-10-6-5-7-11(15-3)12(10)16-4/h5-7,14H,8-9H2,1-4H3. The molecule has 0 fully saturated rings. The molecule has 0 aliphatic carbocycles. The van der Waals surface area contributed by atoms with Crippen LogP contribution in [0.1, 0.15) is 19.4 Å². The van der Waals surface area contributed by atoms with Crippen LogP contribution in [0.3, 0.4) is 0 Å². The van der Waals surface area contributed by atoms with E-state index in [4.69, 9.17) is 9.47 Å². The molecule has 0 radical (unpaired) electrons. The van der Waals surface area contributed by atoms with Crippen molar-refractivity contribution in [3.63, 3.8) is 0 Å². The van der Waals surface area contributed by atoms with E-state index in [0.717, 1.165) is 23.5 Å². The van der Waals surface area contributed by atoms with Crippen LogP contribution in [0, 0.1) is 5.41 Å². The molecule has 0 saturated heterocycles. The van der Waals surface area contributed by atoms with Crippen LogP contribution >= 0.6 is 0 Å². The number of para-hydroxylation sites is 1. The van der Waals surface area contributed by atoms with Gasteiger partial charge in [0, 0.05) is 6.61 Å². The number of aliphatic hydroxyl groups is 1. The summed E-state index contributed by atoms with van der Waals surface area (Å²) in [6, 6.07) is 5.80. The third-order valence-electron chi connectivity index (χ3n) is 2.58. The van der Waals surface area contributed by atoms with E-state index in [1.54, 1.807) is 14.2 Å². The SMILES string of the molecule is COc1cccc(CC(C)(C)CO)c1OC. The topological polar surface area (TPSA) is 38.7 Å². The van der Waals surface area contributed by atoms with Crippen LogP contribution in [0.25, 0.3) is 0 Å². The Hall–Kier alpha value is -1.22. The van der Waals surface area contributed by atoms with Gasteiger partial charge in [0.25, 0.3) is 0 Å². The second kappa shape index (κ2) is 5.21. The number of rotatable bonds is 5. The lowest BCUT2D eigenvalue weighted by Gasteiger charge is -2.23. The molecular formula is C13H20O3. The largest absolute Gasteiger partial charge is 0.493 e. The van der Waals surface area contributed by atoms with Gasteiger partial charge in [0.15, 0.2) is 11.5 Å². The van der Waals surface area contributed by atoms with E-state index in [2.05, 4.69) is 0 Å². The summed E-state index contributed by atoms with van der Waals surface area (Å²) in [5.41, 5.74) is 0.903. The van der Waals surface area contributed by atoms with Crippen molar-refractivity contribution in [3.05, 3.63) is 23.8 Å². The normalized spacial score (nSPS) is 11.3. The maximum absolute atomic E-state index is 9.27. The van der Waals surface area contributed by atoms with E-state index >= 15 is 0 Å². The predicted octanol–water partition coefficient (Wildman–Crippen LogP) is 2.26. The lowest BCUT2D eigenvalue weighted by Crippen LogP contribution is -2.20. The Bertz CT molecular complexity index is 345. The number of ether oxygens (including phenoxy) is 2. The van der Waals surface area contributed by atoms with Gasteiger partial charge in [0.1, 0.15) is 0 Å². The Balaban J connectivity index is 3.04. The van der Waals surface area contributed by atoms with Gasteiger partial charge in [-0.25, -0.2) is 0 Å². The van der Waals surface area contributed by atoms with Gasteiger partial charge >= 0.3 is 0 Å². The molecule has 0 saturated carbocycles. The number of hydrogen-bond acceptors (Lipinski definition) is 3. The Labute approximate surface area is 97.0 Å². The second-order valence-electron chi connectivity index (χ2n) is 4.65. The highest BCUT2D eigenvalue weighted by Crippen LogP contribution is 2.34. The molecule has 90 valence electrons. The van der Waals surface area contributed by atoms with Crippen LogP contribution in [0.4, 0.5) is 0 Å². The van der Waals surface area contributed by atoms with E-state index < -0.39 is 0 Å². The van der Waals surface area contributed by atoms with Crippen LogP contribution in [0.15, 0.2) is 18.2 Å². The number of benzene rings is 1. The van der Waals surface area contributed by atoms with Crippen molar-refractivity contribution in [1.29, 1.82) is 0 Å². The van der Waals surface area contributed by atoms with E-state index in [9.17, 15) is 5.11 Å². The summed E-state index contributed by atoms with van der Waals surface area (Å²) in [4.78, 5) is 0. The van der Waals surface area contributed by atoms with Gasteiger partial charge in [-0.3, -0.25) is 0 Å². The van der Waals surface area contributed by atoms with Crippen LogP contribution in [-0.2, 0) is 6.42 Å². The minimum atomic E-state index is -0.153. The summed E-state index contributed by atoms with van der Waals surface area (Å²) in [7, 11) is 3.26. The van der Waals surface area contributed by atoms with Gasteiger partial charge in [0.05, 0.1) is 14.2 Å². The molecular weight excluding hydrogens is 204 g/mol. The van der Waals surface area contributed by atoms with Crippen molar-refractivity contribution in [2.45, 2.75) is 20.3 Å². The molecule has 16 heavy (non-hydrogen) atoms. The molecule has 1 aromatic carbocycles. The maximum atomic E-state index is 9.27. The van der Waals surface area contributed by atoms with E-state index in [1.165, 1.54) is 0 Å². The first kappa shape index (κ1) is 12.8. The monoisotopic (exact) mass is 224 g/mol. The highest BCUT2D eigenvalue weighted by atomic mass is 16.5. The molecule has 0 atom stereocenters. The fourth-order valence-corrected chi connectivity index (χ4v) is 1.66. The van der Waals surface area contributed by atoms with Crippen LogP contribution in [0.2, 0.25) is 0 Å². The van der Waals surface area contributed by atoms with Gasteiger partial charge < -0.3 is 14.6 Å². The van der Waals surface area contributed by atoms with Crippen molar-refractivity contribution < 1.29 is 14.6 Å². The summed E-state index contributed by atoms with van der Waals surface area (Å²) < 4.78 is 10.6. The maximum Gasteiger partial charge on any atom is 0.163 e. The summed E-state index contributed by atoms with van der Waals surface area (Å²) in [5, 5.41) is 9.27. The summed E-state index contributed by atoms with van der Waals surface area (Å²) in [5.74, 6) is 1.49. The molecule has 0 heterocycles. The molecule has 0 spiro atoms. The molecule has 0 unspecified atom stereocenters. The van der Waals surface area contributed by atoms with Gasteiger partial charge in [0.2, 0.25) is 0 Å². The van der Waals surface area contributed by atoms with Crippen LogP contribution in [0.5, 0.6) is 11.5 Å². The molecule has 0 aromatic heterocycles. The lowest BCUT2D eigenvalue weighted by atomic mass is 9.86. The molecule has 0 bridgehead atoms. The van der Waals surface area contributed by atoms with E-state index in [0.29, 0.717) is 0 Å². The number of hydrogen-bond donors (Lipinski definition) is 1. The molecule has 3 heteroatoms. The zero-order chi connectivity index (χ0) is 12.2. The lowest BCUT2D eigenvalue weighted by molar-refractivity contribution is 0.158. The Morgan fingerprint density at radius 3 is 2.38 bits per heavy atom. The summed E-state index contributed by atoms with van der Waals surface area (Å²) in [6.07, 6.45) is 0.754. The minimum Gasteiger partial charge on any atom is -0.493 e. The van der Waals surface area contributed by atoms with Crippen molar-refractivity contribution in [1.82, 2.24) is 0 Å². The Kier molecular flexibility index (Phi) is 4.19. The number of aliphatic hydroxyl groups excluding tert-OH is 1. The molecule has 1 rings (SSSR count). The smallest absolute Gasteiger partial charge is 0.163 e. The molecule has 0 aliphatic rings. The van der Waals surface area contributed by atoms with Crippen molar-refractivity contribution in [3.8, 4) is 11.5 Å². The average Bonchev–Trinajstić information content (AvgIpc) is 2.28. The van der Waals surface area contributed by atoms with Crippen LogP contribution in [-0.4, -0.2) is 25.9 Å². The zero-order valence-electron chi connectivity index (χ0n) is 10.4. The van der Waals surface area contributed by atoms with Crippen molar-refractivity contribution in [2.24, 2.45) is 5.41 Å². The summed E-state index contributed by atoms with van der Waals surface area (Å²) >= 11 is 0. The van der Waals surface area contributed by atoms with Crippen molar-refractivity contribution >= 4 is 0 Å². The predicted molar refractivity (Wildman–Crippen MR) is 64.1 cm³/mol. The quantitative estimate of drug-likeness (QED) is 0.833. The average molecular weight is 224 g/mol. The second-order valence-corrected chi connectivity index (χ2v) is 4.65. The molecule has 1 aromatic rings.